The van der Waals surface area contributed by atoms with Crippen molar-refractivity contribution in [3.8, 4) is 5.75 Å². The largest absolute Gasteiger partial charge is 0.508 e. The van der Waals surface area contributed by atoms with Crippen molar-refractivity contribution in [3.05, 3.63) is 99.8 Å². The molecule has 1 aromatic heterocycles. The van der Waals surface area contributed by atoms with Crippen LogP contribution in [0.1, 0.15) is 23.2 Å². The van der Waals surface area contributed by atoms with E-state index in [0.29, 0.717) is 34.3 Å². The Bertz CT molecular complexity index is 2050. The highest BCUT2D eigenvalue weighted by Gasteiger charge is 2.46. The molecule has 1 aliphatic carbocycles. The molecular weight excluding hydrogens is 622 g/mol. The number of piperazine rings is 1. The summed E-state index contributed by atoms with van der Waals surface area (Å²) in [6.45, 7) is 7.31. The van der Waals surface area contributed by atoms with Crippen LogP contribution in [0.15, 0.2) is 94.4 Å². The minimum atomic E-state index is -0.335. The Labute approximate surface area is 282 Å². The zero-order valence-corrected chi connectivity index (χ0v) is 27.0. The first-order valence-electron chi connectivity index (χ1n) is 16.8. The maximum atomic E-state index is 13.6. The van der Waals surface area contributed by atoms with Gasteiger partial charge in [0.15, 0.2) is 5.78 Å². The van der Waals surface area contributed by atoms with Crippen molar-refractivity contribution in [2.45, 2.75) is 24.9 Å². The van der Waals surface area contributed by atoms with Gasteiger partial charge in [0.25, 0.3) is 5.69 Å². The number of allylic oxidation sites excluding steroid dienone is 1. The molecule has 0 radical (unpaired) electrons. The van der Waals surface area contributed by atoms with Crippen LogP contribution in [-0.4, -0.2) is 95.0 Å². The molecule has 3 aromatic carbocycles. The smallest absolute Gasteiger partial charge is 0.280 e. The van der Waals surface area contributed by atoms with Crippen molar-refractivity contribution in [1.82, 2.24) is 20.1 Å². The fraction of sp³-hybridized carbons (Fsp3) is 0.333. The van der Waals surface area contributed by atoms with Crippen LogP contribution in [0.5, 0.6) is 5.75 Å². The lowest BCUT2D eigenvalue weighted by molar-refractivity contribution is -0.383. The number of non-ortho nitro benzene ring substituents is 1. The Kier molecular flexibility index (Phi) is 8.14. The highest BCUT2D eigenvalue weighted by atomic mass is 16.6. The Morgan fingerprint density at radius 3 is 2.43 bits per heavy atom. The lowest BCUT2D eigenvalue weighted by Gasteiger charge is -2.36. The molecule has 250 valence electrons. The summed E-state index contributed by atoms with van der Waals surface area (Å²) in [5.74, 6) is -0.0383. The van der Waals surface area contributed by atoms with Gasteiger partial charge in [-0.2, -0.15) is 5.11 Å². The number of nitrogens with zero attached hydrogens (tertiary/aromatic N) is 7. The SMILES string of the molecule is O=C1C2=C(NCCCN3CCN(CCCNc4c5ccccc5nc5cccc([N+](=O)[O-])c45)CC3)C=CC3N=NN(c4ccc(O)cc41)C23. The summed E-state index contributed by atoms with van der Waals surface area (Å²) in [5.41, 5.74) is 4.84. The molecule has 0 spiro atoms. The maximum absolute atomic E-state index is 13.6. The van der Waals surface area contributed by atoms with E-state index in [1.807, 2.05) is 42.5 Å². The lowest BCUT2D eigenvalue weighted by Crippen LogP contribution is -2.47. The number of carbonyl (C=O) groups excluding carboxylic acids is 1. The molecule has 4 heterocycles. The van der Waals surface area contributed by atoms with E-state index >= 15 is 0 Å². The first-order chi connectivity index (χ1) is 24.0. The molecular formula is C36H37N9O4. The van der Waals surface area contributed by atoms with Gasteiger partial charge in [-0.3, -0.25) is 14.9 Å². The highest BCUT2D eigenvalue weighted by Crippen LogP contribution is 2.43. The highest BCUT2D eigenvalue weighted by molar-refractivity contribution is 6.16. The number of nitro benzene ring substituents is 1. The minimum absolute atomic E-state index is 0.0529. The molecule has 0 amide bonds. The average Bonchev–Trinajstić information content (AvgIpc) is 3.55. The van der Waals surface area contributed by atoms with Crippen LogP contribution >= 0.6 is 0 Å². The number of carbonyl (C=O) groups is 1. The van der Waals surface area contributed by atoms with Crippen molar-refractivity contribution < 1.29 is 14.8 Å². The topological polar surface area (TPSA) is 152 Å². The summed E-state index contributed by atoms with van der Waals surface area (Å²) in [6.07, 6.45) is 5.79. The number of phenols is 1. The van der Waals surface area contributed by atoms with E-state index in [0.717, 1.165) is 80.9 Å². The number of hydrogen-bond donors (Lipinski definition) is 3. The summed E-state index contributed by atoms with van der Waals surface area (Å²) in [7, 11) is 0. The Hall–Kier alpha value is -5.40. The van der Waals surface area contributed by atoms with Crippen LogP contribution in [-0.2, 0) is 0 Å². The predicted octanol–water partition coefficient (Wildman–Crippen LogP) is 5.05. The number of Topliss-reactive ketones (excluding diaryl/α,β-unsaturated/α-hetero) is 1. The Morgan fingerprint density at radius 1 is 0.918 bits per heavy atom. The molecule has 1 saturated heterocycles. The monoisotopic (exact) mass is 659 g/mol. The maximum Gasteiger partial charge on any atom is 0.280 e. The van der Waals surface area contributed by atoms with E-state index in [-0.39, 0.29) is 34.2 Å². The molecule has 0 bridgehead atoms. The van der Waals surface area contributed by atoms with Gasteiger partial charge < -0.3 is 25.5 Å². The van der Waals surface area contributed by atoms with Crippen LogP contribution in [0.3, 0.4) is 0 Å². The van der Waals surface area contributed by atoms with Crippen molar-refractivity contribution in [3.63, 3.8) is 0 Å². The second-order valence-corrected chi connectivity index (χ2v) is 12.9. The average molecular weight is 660 g/mol. The van der Waals surface area contributed by atoms with Gasteiger partial charge in [-0.25, -0.2) is 9.99 Å². The van der Waals surface area contributed by atoms with Crippen molar-refractivity contribution in [2.24, 2.45) is 10.3 Å². The Balaban J connectivity index is 0.820. The molecule has 0 saturated carbocycles. The van der Waals surface area contributed by atoms with Crippen LogP contribution < -0.4 is 15.6 Å². The standard InChI is InChI=1S/C36H37N9O4/c46-23-10-13-30-25(22-23)36(47)33-27(11-12-29-35(33)44(30)41-40-29)37-14-4-16-42-18-20-43(21-19-42)17-5-15-38-34-24-6-1-2-7-26(24)39-28-8-3-9-31(32(28)34)45(48)49/h1-3,6-13,22,29,35,37,46H,4-5,14-21H2,(H,38,39). The number of aromatic hydroxyl groups is 1. The van der Waals surface area contributed by atoms with Gasteiger partial charge in [0.05, 0.1) is 38.5 Å². The summed E-state index contributed by atoms with van der Waals surface area (Å²) in [6, 6.07) is 17.2. The number of fused-ring (bicyclic) bond motifs is 4. The molecule has 4 aliphatic rings. The number of anilines is 2. The Morgan fingerprint density at radius 2 is 1.65 bits per heavy atom. The summed E-state index contributed by atoms with van der Waals surface area (Å²) >= 11 is 0. The normalized spacial score (nSPS) is 20.2. The van der Waals surface area contributed by atoms with Gasteiger partial charge in [-0.15, -0.1) is 0 Å². The minimum Gasteiger partial charge on any atom is -0.508 e. The number of phenolic OH excluding ortho intramolecular Hbond substituents is 1. The van der Waals surface area contributed by atoms with Gasteiger partial charge in [0.2, 0.25) is 0 Å². The molecule has 13 heteroatoms. The molecule has 13 nitrogen and oxygen atoms in total. The van der Waals surface area contributed by atoms with E-state index in [1.165, 1.54) is 12.1 Å². The van der Waals surface area contributed by atoms with E-state index < -0.39 is 0 Å². The van der Waals surface area contributed by atoms with Crippen molar-refractivity contribution >= 4 is 44.7 Å². The third kappa shape index (κ3) is 5.74. The number of nitrogens with one attached hydrogen (secondary N) is 2. The molecule has 2 unspecified atom stereocenters. The number of pyridine rings is 1. The first kappa shape index (κ1) is 30.9. The van der Waals surface area contributed by atoms with Crippen LogP contribution in [0, 0.1) is 10.1 Å². The van der Waals surface area contributed by atoms with Gasteiger partial charge in [-0.1, -0.05) is 35.6 Å². The molecule has 8 rings (SSSR count). The number of aromatic nitrogens is 1. The van der Waals surface area contributed by atoms with Crippen molar-refractivity contribution in [2.75, 3.05) is 62.7 Å². The fourth-order valence-corrected chi connectivity index (χ4v) is 7.46. The van der Waals surface area contributed by atoms with Gasteiger partial charge >= 0.3 is 0 Å². The van der Waals surface area contributed by atoms with E-state index in [9.17, 15) is 20.0 Å². The first-order valence-corrected chi connectivity index (χ1v) is 16.8. The number of nitro groups is 1. The lowest BCUT2D eigenvalue weighted by atomic mass is 9.83. The van der Waals surface area contributed by atoms with Crippen LogP contribution in [0.2, 0.25) is 0 Å². The van der Waals surface area contributed by atoms with E-state index in [2.05, 4.69) is 35.8 Å². The van der Waals surface area contributed by atoms with Crippen LogP contribution in [0.4, 0.5) is 17.1 Å². The predicted molar refractivity (Wildman–Crippen MR) is 188 cm³/mol. The molecule has 3 N–H and O–H groups in total. The third-order valence-electron chi connectivity index (χ3n) is 9.90. The number of ketones is 1. The number of para-hydroxylation sites is 1. The second-order valence-electron chi connectivity index (χ2n) is 12.9. The molecule has 2 atom stereocenters. The van der Waals surface area contributed by atoms with Crippen molar-refractivity contribution in [1.29, 1.82) is 0 Å². The number of hydrogen-bond acceptors (Lipinski definition) is 12. The summed E-state index contributed by atoms with van der Waals surface area (Å²) in [5, 5.41) is 40.9. The van der Waals surface area contributed by atoms with Crippen LogP contribution in [0.25, 0.3) is 21.8 Å². The summed E-state index contributed by atoms with van der Waals surface area (Å²) in [4.78, 5) is 34.7. The van der Waals surface area contributed by atoms with Gasteiger partial charge in [0.1, 0.15) is 23.2 Å². The van der Waals surface area contributed by atoms with E-state index in [1.54, 1.807) is 23.2 Å². The molecule has 4 aromatic rings. The second kappa shape index (κ2) is 12.9. The molecule has 3 aliphatic heterocycles. The molecule has 1 fully saturated rings. The summed E-state index contributed by atoms with van der Waals surface area (Å²) < 4.78 is 0. The zero-order valence-electron chi connectivity index (χ0n) is 27.0. The number of benzene rings is 3. The van der Waals surface area contributed by atoms with E-state index in [4.69, 9.17) is 0 Å². The number of rotatable bonds is 11. The zero-order chi connectivity index (χ0) is 33.5. The third-order valence-corrected chi connectivity index (χ3v) is 9.90. The molecule has 49 heavy (non-hydrogen) atoms. The van der Waals surface area contributed by atoms with Gasteiger partial charge in [0, 0.05) is 56.4 Å². The quantitative estimate of drug-likeness (QED) is 0.0864. The van der Waals surface area contributed by atoms with Gasteiger partial charge in [-0.05, 0) is 62.3 Å². The fourth-order valence-electron chi connectivity index (χ4n) is 7.46.